The largest absolute Gasteiger partial charge is 0.467 e. The molecule has 1 aliphatic heterocycles. The molecule has 1 rings (SSSR count). The fraction of sp³-hybridized carbons (Fsp3) is 0.857. The number of ether oxygens (including phenoxy) is 2. The van der Waals surface area contributed by atoms with Gasteiger partial charge in [0.15, 0.2) is 0 Å². The smallest absolute Gasteiger partial charge is 0.411 e. The van der Waals surface area contributed by atoms with E-state index < -0.39 is 17.7 Å². The minimum absolute atomic E-state index is 0.242. The molecule has 1 aliphatic rings. The van der Waals surface area contributed by atoms with E-state index in [1.54, 1.807) is 11.8 Å². The third-order valence-electron chi connectivity index (χ3n) is 2.83. The summed E-state index contributed by atoms with van der Waals surface area (Å²) in [4.78, 5) is 25.6. The van der Waals surface area contributed by atoms with Crippen molar-refractivity contribution in [2.45, 2.75) is 63.2 Å². The van der Waals surface area contributed by atoms with E-state index in [0.717, 1.165) is 0 Å². The first-order valence-corrected chi connectivity index (χ1v) is 7.81. The lowest BCUT2D eigenvalue weighted by atomic mass is 10.2. The minimum atomic E-state index is -0.568. The molecule has 0 aromatic heterocycles. The molecule has 6 heteroatoms. The number of methoxy groups -OCH3 is 1. The average Bonchev–Trinajstić information content (AvgIpc) is 2.68. The zero-order valence-electron chi connectivity index (χ0n) is 13.1. The number of carbonyl (C=O) groups excluding carboxylic acids is 2. The van der Waals surface area contributed by atoms with Crippen molar-refractivity contribution in [3.63, 3.8) is 0 Å². The van der Waals surface area contributed by atoms with Gasteiger partial charge < -0.3 is 9.47 Å². The predicted octanol–water partition coefficient (Wildman–Crippen LogP) is 2.68. The van der Waals surface area contributed by atoms with E-state index >= 15 is 0 Å². The van der Waals surface area contributed by atoms with E-state index in [1.807, 2.05) is 20.8 Å². The van der Waals surface area contributed by atoms with Crippen molar-refractivity contribution < 1.29 is 19.1 Å². The van der Waals surface area contributed by atoms with Crippen molar-refractivity contribution in [2.75, 3.05) is 13.7 Å². The maximum Gasteiger partial charge on any atom is 0.411 e. The molecule has 0 aromatic carbocycles. The van der Waals surface area contributed by atoms with Crippen molar-refractivity contribution in [1.29, 1.82) is 0 Å². The molecule has 2 atom stereocenters. The van der Waals surface area contributed by atoms with E-state index in [2.05, 4.69) is 13.8 Å². The Morgan fingerprint density at radius 1 is 1.30 bits per heavy atom. The first-order valence-electron chi connectivity index (χ1n) is 6.87. The Balaban J connectivity index is 2.79. The number of amides is 1. The summed E-state index contributed by atoms with van der Waals surface area (Å²) in [5, 5.41) is 0.698. The van der Waals surface area contributed by atoms with Crippen LogP contribution in [0.15, 0.2) is 0 Å². The number of carbonyl (C=O) groups is 2. The lowest BCUT2D eigenvalue weighted by Gasteiger charge is -2.27. The van der Waals surface area contributed by atoms with E-state index in [4.69, 9.17) is 9.47 Å². The average molecular weight is 303 g/mol. The van der Waals surface area contributed by atoms with Gasteiger partial charge >= 0.3 is 12.1 Å². The molecule has 5 nitrogen and oxygen atoms in total. The highest BCUT2D eigenvalue weighted by atomic mass is 32.2. The lowest BCUT2D eigenvalue weighted by molar-refractivity contribution is -0.145. The zero-order valence-corrected chi connectivity index (χ0v) is 14.0. The molecule has 0 N–H and O–H groups in total. The summed E-state index contributed by atoms with van der Waals surface area (Å²) in [5.74, 6) is -0.372. The topological polar surface area (TPSA) is 55.8 Å². The second-order valence-electron chi connectivity index (χ2n) is 6.21. The molecule has 0 unspecified atom stereocenters. The van der Waals surface area contributed by atoms with Crippen molar-refractivity contribution in [2.24, 2.45) is 0 Å². The summed E-state index contributed by atoms with van der Waals surface area (Å²) in [6, 6.07) is -0.536. The fourth-order valence-corrected chi connectivity index (χ4v) is 3.47. The molecule has 0 saturated carbocycles. The Morgan fingerprint density at radius 2 is 1.90 bits per heavy atom. The van der Waals surface area contributed by atoms with Gasteiger partial charge in [0.25, 0.3) is 0 Å². The van der Waals surface area contributed by atoms with Gasteiger partial charge in [-0.05, 0) is 32.4 Å². The first kappa shape index (κ1) is 17.1. The molecule has 0 aliphatic carbocycles. The van der Waals surface area contributed by atoms with Gasteiger partial charge in [-0.3, -0.25) is 4.90 Å². The molecule has 1 saturated heterocycles. The molecule has 1 fully saturated rings. The minimum Gasteiger partial charge on any atom is -0.467 e. The highest BCUT2D eigenvalue weighted by molar-refractivity contribution is 8.00. The summed E-state index contributed by atoms with van der Waals surface area (Å²) in [5.41, 5.74) is -0.568. The monoisotopic (exact) mass is 303 g/mol. The van der Waals surface area contributed by atoms with Crippen LogP contribution in [0, 0.1) is 0 Å². The summed E-state index contributed by atoms with van der Waals surface area (Å²) >= 11 is 1.78. The molecule has 0 spiro atoms. The molecular formula is C14H25NO4S. The Bertz CT molecular complexity index is 365. The van der Waals surface area contributed by atoms with Gasteiger partial charge in [0.2, 0.25) is 0 Å². The van der Waals surface area contributed by atoms with Crippen molar-refractivity contribution in [1.82, 2.24) is 4.90 Å². The number of likely N-dealkylation sites (tertiary alicyclic amines) is 1. The molecule has 0 aromatic rings. The van der Waals surface area contributed by atoms with E-state index in [-0.39, 0.29) is 11.2 Å². The highest BCUT2D eigenvalue weighted by Gasteiger charge is 2.42. The third kappa shape index (κ3) is 4.89. The van der Waals surface area contributed by atoms with Crippen molar-refractivity contribution in [3.8, 4) is 0 Å². The Kier molecular flexibility index (Phi) is 5.74. The second kappa shape index (κ2) is 6.70. The van der Waals surface area contributed by atoms with Gasteiger partial charge in [0, 0.05) is 11.8 Å². The van der Waals surface area contributed by atoms with Crippen LogP contribution < -0.4 is 0 Å². The van der Waals surface area contributed by atoms with Gasteiger partial charge in [0.1, 0.15) is 11.6 Å². The standard InChI is InChI=1S/C14H25NO4S/c1-9(2)20-10-7-11(12(16)18-6)15(8-10)13(17)19-14(3,4)5/h9-11H,7-8H2,1-6H3/t10-,11+/m1/s1. The Hall–Kier alpha value is -0.910. The van der Waals surface area contributed by atoms with Crippen LogP contribution in [0.5, 0.6) is 0 Å². The van der Waals surface area contributed by atoms with Crippen molar-refractivity contribution in [3.05, 3.63) is 0 Å². The van der Waals surface area contributed by atoms with Gasteiger partial charge in [-0.15, -0.1) is 0 Å². The molecule has 1 heterocycles. The fourth-order valence-electron chi connectivity index (χ4n) is 2.16. The number of esters is 1. The van der Waals surface area contributed by atoms with Gasteiger partial charge in [-0.1, -0.05) is 13.8 Å². The zero-order chi connectivity index (χ0) is 15.5. The Labute approximate surface area is 125 Å². The van der Waals surface area contributed by atoms with Crippen LogP contribution in [-0.4, -0.2) is 52.8 Å². The normalized spacial score (nSPS) is 23.1. The quantitative estimate of drug-likeness (QED) is 0.750. The lowest BCUT2D eigenvalue weighted by Crippen LogP contribution is -2.43. The number of nitrogens with zero attached hydrogens (tertiary/aromatic N) is 1. The van der Waals surface area contributed by atoms with Crippen molar-refractivity contribution >= 4 is 23.8 Å². The van der Waals surface area contributed by atoms with Gasteiger partial charge in [-0.2, -0.15) is 11.8 Å². The predicted molar refractivity (Wildman–Crippen MR) is 79.9 cm³/mol. The summed E-state index contributed by atoms with van der Waals surface area (Å²) in [7, 11) is 1.35. The van der Waals surface area contributed by atoms with Gasteiger partial charge in [0.05, 0.1) is 7.11 Å². The second-order valence-corrected chi connectivity index (χ2v) is 8.10. The van der Waals surface area contributed by atoms with Crippen LogP contribution in [0.4, 0.5) is 4.79 Å². The summed E-state index contributed by atoms with van der Waals surface area (Å²) in [6.45, 7) is 10.2. The maximum atomic E-state index is 12.2. The first-order chi connectivity index (χ1) is 9.14. The number of hydrogen-bond donors (Lipinski definition) is 0. The summed E-state index contributed by atoms with van der Waals surface area (Å²) < 4.78 is 10.2. The van der Waals surface area contributed by atoms with Gasteiger partial charge in [-0.25, -0.2) is 9.59 Å². The van der Waals surface area contributed by atoms with E-state index in [0.29, 0.717) is 18.2 Å². The third-order valence-corrected chi connectivity index (χ3v) is 4.10. The Morgan fingerprint density at radius 3 is 2.35 bits per heavy atom. The summed E-state index contributed by atoms with van der Waals surface area (Å²) in [6.07, 6.45) is 0.175. The number of rotatable bonds is 3. The van der Waals surface area contributed by atoms with Crippen LogP contribution in [0.25, 0.3) is 0 Å². The molecule has 0 bridgehead atoms. The van der Waals surface area contributed by atoms with E-state index in [1.165, 1.54) is 12.0 Å². The SMILES string of the molecule is COC(=O)[C@@H]1C[C@@H](SC(C)C)CN1C(=O)OC(C)(C)C. The van der Waals surface area contributed by atoms with E-state index in [9.17, 15) is 9.59 Å². The molecule has 20 heavy (non-hydrogen) atoms. The van der Waals surface area contributed by atoms with Crippen LogP contribution >= 0.6 is 11.8 Å². The maximum absolute atomic E-state index is 12.2. The van der Waals surface area contributed by atoms with Crippen LogP contribution in [0.1, 0.15) is 41.0 Å². The van der Waals surface area contributed by atoms with Crippen LogP contribution in [0.3, 0.4) is 0 Å². The molecular weight excluding hydrogens is 278 g/mol. The van der Waals surface area contributed by atoms with Crippen LogP contribution in [0.2, 0.25) is 0 Å². The number of thioether (sulfide) groups is 1. The molecule has 0 radical (unpaired) electrons. The molecule has 1 amide bonds. The highest BCUT2D eigenvalue weighted by Crippen LogP contribution is 2.31. The van der Waals surface area contributed by atoms with Crippen LogP contribution in [-0.2, 0) is 14.3 Å². The number of hydrogen-bond acceptors (Lipinski definition) is 5. The molecule has 116 valence electrons.